The highest BCUT2D eigenvalue weighted by Gasteiger charge is 2.01. The Morgan fingerprint density at radius 2 is 2.00 bits per heavy atom. The fourth-order valence-electron chi connectivity index (χ4n) is 1.11. The minimum absolute atomic E-state index is 0.309. The van der Waals surface area contributed by atoms with Gasteiger partial charge in [0, 0.05) is 17.6 Å². The molecular formula is C11H12BrNO2. The molecule has 0 saturated heterocycles. The summed E-state index contributed by atoms with van der Waals surface area (Å²) in [5, 5.41) is 11.8. The van der Waals surface area contributed by atoms with E-state index in [0.29, 0.717) is 18.7 Å². The van der Waals surface area contributed by atoms with Crippen molar-refractivity contribution in [2.45, 2.75) is 6.54 Å². The van der Waals surface area contributed by atoms with Crippen LogP contribution in [0.25, 0.3) is 0 Å². The topological polar surface area (TPSA) is 49.3 Å². The van der Waals surface area contributed by atoms with Crippen LogP contribution in [0, 0.1) is 0 Å². The van der Waals surface area contributed by atoms with E-state index in [0.717, 1.165) is 10.0 Å². The standard InChI is InChI=1S/C11H12BrNO2/c1-8(12)6-13-7-9-2-4-10(5-3-9)11(14)15/h2-5,13H,1,6-7H2,(H,14,15). The molecule has 0 aliphatic carbocycles. The first-order valence-electron chi connectivity index (χ1n) is 4.46. The van der Waals surface area contributed by atoms with E-state index < -0.39 is 5.97 Å². The number of hydrogen-bond donors (Lipinski definition) is 2. The van der Waals surface area contributed by atoms with E-state index in [1.165, 1.54) is 0 Å². The van der Waals surface area contributed by atoms with Crippen molar-refractivity contribution in [2.75, 3.05) is 6.54 Å². The molecule has 80 valence electrons. The summed E-state index contributed by atoms with van der Waals surface area (Å²) in [7, 11) is 0. The second-order valence-corrected chi connectivity index (χ2v) is 4.24. The lowest BCUT2D eigenvalue weighted by atomic mass is 10.1. The predicted octanol–water partition coefficient (Wildman–Crippen LogP) is 2.38. The molecule has 0 amide bonds. The third-order valence-electron chi connectivity index (χ3n) is 1.85. The van der Waals surface area contributed by atoms with Crippen molar-refractivity contribution in [2.24, 2.45) is 0 Å². The molecule has 0 heterocycles. The van der Waals surface area contributed by atoms with Gasteiger partial charge in [0.2, 0.25) is 0 Å². The molecule has 4 heteroatoms. The Morgan fingerprint density at radius 3 is 2.47 bits per heavy atom. The van der Waals surface area contributed by atoms with Crippen LogP contribution in [0.2, 0.25) is 0 Å². The highest BCUT2D eigenvalue weighted by atomic mass is 79.9. The number of rotatable bonds is 5. The quantitative estimate of drug-likeness (QED) is 0.863. The molecule has 0 aliphatic heterocycles. The van der Waals surface area contributed by atoms with E-state index in [1.807, 2.05) is 0 Å². The molecule has 0 aromatic heterocycles. The summed E-state index contributed by atoms with van der Waals surface area (Å²) in [6, 6.07) is 6.80. The fraction of sp³-hybridized carbons (Fsp3) is 0.182. The van der Waals surface area contributed by atoms with Crippen LogP contribution in [0.5, 0.6) is 0 Å². The van der Waals surface area contributed by atoms with Gasteiger partial charge in [0.05, 0.1) is 5.56 Å². The maximum Gasteiger partial charge on any atom is 0.335 e. The van der Waals surface area contributed by atoms with Crippen molar-refractivity contribution in [3.63, 3.8) is 0 Å². The average molecular weight is 270 g/mol. The number of carboxylic acid groups (broad SMARTS) is 1. The van der Waals surface area contributed by atoms with Gasteiger partial charge in [0.25, 0.3) is 0 Å². The monoisotopic (exact) mass is 269 g/mol. The summed E-state index contributed by atoms with van der Waals surface area (Å²) in [5.41, 5.74) is 1.36. The molecular weight excluding hydrogens is 258 g/mol. The van der Waals surface area contributed by atoms with Gasteiger partial charge in [-0.2, -0.15) is 0 Å². The number of halogens is 1. The van der Waals surface area contributed by atoms with Gasteiger partial charge in [0.15, 0.2) is 0 Å². The van der Waals surface area contributed by atoms with E-state index in [4.69, 9.17) is 5.11 Å². The highest BCUT2D eigenvalue weighted by molar-refractivity contribution is 9.11. The van der Waals surface area contributed by atoms with Gasteiger partial charge in [-0.25, -0.2) is 4.79 Å². The number of carbonyl (C=O) groups is 1. The first-order chi connectivity index (χ1) is 7.09. The number of carboxylic acids is 1. The second-order valence-electron chi connectivity index (χ2n) is 3.12. The molecule has 1 aromatic carbocycles. The van der Waals surface area contributed by atoms with Crippen LogP contribution in [0.3, 0.4) is 0 Å². The maximum absolute atomic E-state index is 10.6. The average Bonchev–Trinajstić information content (AvgIpc) is 2.18. The fourth-order valence-corrected chi connectivity index (χ4v) is 1.31. The lowest BCUT2D eigenvalue weighted by molar-refractivity contribution is 0.0697. The maximum atomic E-state index is 10.6. The molecule has 15 heavy (non-hydrogen) atoms. The lowest BCUT2D eigenvalue weighted by Gasteiger charge is -2.03. The smallest absolute Gasteiger partial charge is 0.335 e. The molecule has 0 aliphatic rings. The first-order valence-corrected chi connectivity index (χ1v) is 5.25. The van der Waals surface area contributed by atoms with Crippen molar-refractivity contribution >= 4 is 21.9 Å². The Labute approximate surface area is 96.9 Å². The molecule has 1 aromatic rings. The summed E-state index contributed by atoms with van der Waals surface area (Å²) in [6.45, 7) is 5.09. The van der Waals surface area contributed by atoms with Crippen LogP contribution < -0.4 is 5.32 Å². The van der Waals surface area contributed by atoms with E-state index in [9.17, 15) is 4.79 Å². The zero-order valence-electron chi connectivity index (χ0n) is 8.16. The Morgan fingerprint density at radius 1 is 1.40 bits per heavy atom. The first kappa shape index (κ1) is 11.9. The number of hydrogen-bond acceptors (Lipinski definition) is 2. The third kappa shape index (κ3) is 4.27. The van der Waals surface area contributed by atoms with Crippen molar-refractivity contribution in [1.82, 2.24) is 5.32 Å². The minimum atomic E-state index is -0.900. The van der Waals surface area contributed by atoms with Gasteiger partial charge in [-0.05, 0) is 17.7 Å². The summed E-state index contributed by atoms with van der Waals surface area (Å²) >= 11 is 3.24. The van der Waals surface area contributed by atoms with Gasteiger partial charge in [-0.1, -0.05) is 34.6 Å². The van der Waals surface area contributed by atoms with E-state index in [-0.39, 0.29) is 0 Å². The van der Waals surface area contributed by atoms with Gasteiger partial charge < -0.3 is 10.4 Å². The largest absolute Gasteiger partial charge is 0.478 e. The SMILES string of the molecule is C=C(Br)CNCc1ccc(C(=O)O)cc1. The lowest BCUT2D eigenvalue weighted by Crippen LogP contribution is -2.14. The molecule has 0 unspecified atom stereocenters. The molecule has 0 spiro atoms. The molecule has 0 radical (unpaired) electrons. The minimum Gasteiger partial charge on any atom is -0.478 e. The zero-order chi connectivity index (χ0) is 11.3. The van der Waals surface area contributed by atoms with Crippen LogP contribution in [0.4, 0.5) is 0 Å². The van der Waals surface area contributed by atoms with Crippen molar-refractivity contribution < 1.29 is 9.90 Å². The molecule has 0 saturated carbocycles. The van der Waals surface area contributed by atoms with Crippen LogP contribution in [-0.2, 0) is 6.54 Å². The molecule has 0 atom stereocenters. The van der Waals surface area contributed by atoms with Crippen LogP contribution in [0.1, 0.15) is 15.9 Å². The van der Waals surface area contributed by atoms with E-state index >= 15 is 0 Å². The Hall–Kier alpha value is -1.13. The Kier molecular flexibility index (Phi) is 4.52. The van der Waals surface area contributed by atoms with Crippen molar-refractivity contribution in [3.8, 4) is 0 Å². The summed E-state index contributed by atoms with van der Waals surface area (Å²) in [4.78, 5) is 10.6. The van der Waals surface area contributed by atoms with Crippen molar-refractivity contribution in [1.29, 1.82) is 0 Å². The predicted molar refractivity (Wildman–Crippen MR) is 63.2 cm³/mol. The molecule has 1 rings (SSSR count). The van der Waals surface area contributed by atoms with Gasteiger partial charge in [0.1, 0.15) is 0 Å². The van der Waals surface area contributed by atoms with Crippen LogP contribution in [0.15, 0.2) is 35.3 Å². The molecule has 0 fully saturated rings. The second kappa shape index (κ2) is 5.68. The van der Waals surface area contributed by atoms with Crippen LogP contribution >= 0.6 is 15.9 Å². The Bertz CT molecular complexity index is 359. The normalized spacial score (nSPS) is 9.93. The number of aromatic carboxylic acids is 1. The number of nitrogens with one attached hydrogen (secondary N) is 1. The van der Waals surface area contributed by atoms with Gasteiger partial charge >= 0.3 is 5.97 Å². The van der Waals surface area contributed by atoms with Gasteiger partial charge in [-0.3, -0.25) is 0 Å². The van der Waals surface area contributed by atoms with E-state index in [2.05, 4.69) is 27.8 Å². The molecule has 2 N–H and O–H groups in total. The molecule has 3 nitrogen and oxygen atoms in total. The van der Waals surface area contributed by atoms with Gasteiger partial charge in [-0.15, -0.1) is 0 Å². The van der Waals surface area contributed by atoms with Crippen LogP contribution in [-0.4, -0.2) is 17.6 Å². The van der Waals surface area contributed by atoms with Crippen molar-refractivity contribution in [3.05, 3.63) is 46.5 Å². The molecule has 0 bridgehead atoms. The van der Waals surface area contributed by atoms with E-state index in [1.54, 1.807) is 24.3 Å². The zero-order valence-corrected chi connectivity index (χ0v) is 9.75. The summed E-state index contributed by atoms with van der Waals surface area (Å²) in [6.07, 6.45) is 0. The summed E-state index contributed by atoms with van der Waals surface area (Å²) < 4.78 is 0.893. The Balaban J connectivity index is 2.50. The number of benzene rings is 1. The third-order valence-corrected chi connectivity index (χ3v) is 2.13. The highest BCUT2D eigenvalue weighted by Crippen LogP contribution is 2.05. The summed E-state index contributed by atoms with van der Waals surface area (Å²) in [5.74, 6) is -0.900.